The summed E-state index contributed by atoms with van der Waals surface area (Å²) in [6.07, 6.45) is 1.12. The van der Waals surface area contributed by atoms with Crippen LogP contribution in [0.25, 0.3) is 0 Å². The van der Waals surface area contributed by atoms with Gasteiger partial charge in [0.05, 0.1) is 5.92 Å². The number of ether oxygens (including phenoxy) is 1. The number of anilines is 1. The molecule has 5 nitrogen and oxygen atoms in total. The van der Waals surface area contributed by atoms with E-state index in [9.17, 15) is 9.59 Å². The van der Waals surface area contributed by atoms with Crippen molar-refractivity contribution >= 4 is 17.5 Å². The summed E-state index contributed by atoms with van der Waals surface area (Å²) in [5.41, 5.74) is 0.889. The van der Waals surface area contributed by atoms with Crippen LogP contribution in [0.1, 0.15) is 19.8 Å². The topological polar surface area (TPSA) is 49.9 Å². The van der Waals surface area contributed by atoms with E-state index in [4.69, 9.17) is 4.74 Å². The Labute approximate surface area is 131 Å². The van der Waals surface area contributed by atoms with Gasteiger partial charge in [-0.05, 0) is 25.5 Å². The van der Waals surface area contributed by atoms with Crippen molar-refractivity contribution in [2.45, 2.75) is 19.8 Å². The number of nitrogens with zero attached hydrogens (tertiary/aromatic N) is 2. The molecule has 0 aromatic heterocycles. The Bertz CT molecular complexity index is 504. The first-order chi connectivity index (χ1) is 10.7. The summed E-state index contributed by atoms with van der Waals surface area (Å²) in [5, 5.41) is 0. The highest BCUT2D eigenvalue weighted by molar-refractivity contribution is 5.98. The van der Waals surface area contributed by atoms with E-state index in [0.29, 0.717) is 32.7 Å². The van der Waals surface area contributed by atoms with Gasteiger partial charge in [-0.25, -0.2) is 0 Å². The number of rotatable bonds is 7. The molecule has 1 aromatic carbocycles. The van der Waals surface area contributed by atoms with Crippen molar-refractivity contribution in [2.75, 3.05) is 38.3 Å². The maximum Gasteiger partial charge on any atom is 0.232 e. The standard InChI is InChI=1S/C17H24N2O3/c1-3-19(15-8-5-4-6-9-15)17(21)14-12-16(20)18(13-14)10-7-11-22-2/h4-6,8-9,14H,3,7,10-13H2,1-2H3. The maximum atomic E-state index is 12.7. The smallest absolute Gasteiger partial charge is 0.232 e. The Morgan fingerprint density at radius 3 is 2.73 bits per heavy atom. The molecule has 22 heavy (non-hydrogen) atoms. The van der Waals surface area contributed by atoms with E-state index in [1.165, 1.54) is 0 Å². The molecular formula is C17H24N2O3. The fraction of sp³-hybridized carbons (Fsp3) is 0.529. The number of likely N-dealkylation sites (tertiary alicyclic amines) is 1. The molecule has 0 radical (unpaired) electrons. The number of para-hydroxylation sites is 1. The summed E-state index contributed by atoms with van der Waals surface area (Å²) in [5.74, 6) is -0.134. The van der Waals surface area contributed by atoms with Crippen molar-refractivity contribution in [1.29, 1.82) is 0 Å². The van der Waals surface area contributed by atoms with Gasteiger partial charge < -0.3 is 14.5 Å². The molecular weight excluding hydrogens is 280 g/mol. The third-order valence-corrected chi connectivity index (χ3v) is 3.99. The quantitative estimate of drug-likeness (QED) is 0.723. The Balaban J connectivity index is 1.99. The average molecular weight is 304 g/mol. The van der Waals surface area contributed by atoms with Crippen LogP contribution in [0, 0.1) is 5.92 Å². The van der Waals surface area contributed by atoms with Crippen LogP contribution in [0.2, 0.25) is 0 Å². The summed E-state index contributed by atoms with van der Waals surface area (Å²) in [4.78, 5) is 28.3. The SMILES string of the molecule is CCN(C(=O)C1CC(=O)N(CCCOC)C1)c1ccccc1. The van der Waals surface area contributed by atoms with Gasteiger partial charge in [-0.15, -0.1) is 0 Å². The van der Waals surface area contributed by atoms with Crippen LogP contribution in [0.15, 0.2) is 30.3 Å². The Morgan fingerprint density at radius 1 is 1.36 bits per heavy atom. The van der Waals surface area contributed by atoms with Crippen molar-refractivity contribution in [3.05, 3.63) is 30.3 Å². The molecule has 0 spiro atoms. The predicted octanol–water partition coefficient (Wildman–Crippen LogP) is 1.92. The lowest BCUT2D eigenvalue weighted by Gasteiger charge is -2.24. The van der Waals surface area contributed by atoms with Crippen molar-refractivity contribution in [1.82, 2.24) is 4.90 Å². The first-order valence-electron chi connectivity index (χ1n) is 7.80. The molecule has 1 saturated heterocycles. The Hall–Kier alpha value is -1.88. The number of carbonyl (C=O) groups excluding carboxylic acids is 2. The molecule has 5 heteroatoms. The highest BCUT2D eigenvalue weighted by atomic mass is 16.5. The van der Waals surface area contributed by atoms with Gasteiger partial charge in [-0.3, -0.25) is 9.59 Å². The largest absolute Gasteiger partial charge is 0.385 e. The van der Waals surface area contributed by atoms with E-state index >= 15 is 0 Å². The fourth-order valence-electron chi connectivity index (χ4n) is 2.85. The second-order valence-corrected chi connectivity index (χ2v) is 5.51. The number of amides is 2. The van der Waals surface area contributed by atoms with Crippen molar-refractivity contribution < 1.29 is 14.3 Å². The lowest BCUT2D eigenvalue weighted by atomic mass is 10.1. The molecule has 0 bridgehead atoms. The van der Waals surface area contributed by atoms with E-state index < -0.39 is 0 Å². The first kappa shape index (κ1) is 16.5. The summed E-state index contributed by atoms with van der Waals surface area (Å²) in [7, 11) is 1.65. The molecule has 2 amide bonds. The van der Waals surface area contributed by atoms with Crippen LogP contribution in [0.5, 0.6) is 0 Å². The molecule has 0 saturated carbocycles. The highest BCUT2D eigenvalue weighted by Crippen LogP contribution is 2.23. The molecule has 1 heterocycles. The molecule has 1 unspecified atom stereocenters. The van der Waals surface area contributed by atoms with Gasteiger partial charge in [-0.2, -0.15) is 0 Å². The fourth-order valence-corrected chi connectivity index (χ4v) is 2.85. The first-order valence-corrected chi connectivity index (χ1v) is 7.80. The number of hydrogen-bond donors (Lipinski definition) is 0. The van der Waals surface area contributed by atoms with Crippen LogP contribution >= 0.6 is 0 Å². The Kier molecular flexibility index (Phi) is 5.95. The van der Waals surface area contributed by atoms with Gasteiger partial charge in [0.25, 0.3) is 0 Å². The van der Waals surface area contributed by atoms with Gasteiger partial charge >= 0.3 is 0 Å². The molecule has 1 atom stereocenters. The average Bonchev–Trinajstić information content (AvgIpc) is 2.90. The molecule has 1 fully saturated rings. The molecule has 120 valence electrons. The summed E-state index contributed by atoms with van der Waals surface area (Å²) in [6.45, 7) is 4.38. The number of carbonyl (C=O) groups is 2. The minimum absolute atomic E-state index is 0.0382. The van der Waals surface area contributed by atoms with Gasteiger partial charge in [0.15, 0.2) is 0 Å². The number of methoxy groups -OCH3 is 1. The monoisotopic (exact) mass is 304 g/mol. The second kappa shape index (κ2) is 7.94. The summed E-state index contributed by atoms with van der Waals surface area (Å²) in [6, 6.07) is 9.62. The normalized spacial score (nSPS) is 17.8. The lowest BCUT2D eigenvalue weighted by molar-refractivity contribution is -0.128. The number of hydrogen-bond acceptors (Lipinski definition) is 3. The van der Waals surface area contributed by atoms with Gasteiger partial charge in [0, 0.05) is 45.5 Å². The summed E-state index contributed by atoms with van der Waals surface area (Å²) < 4.78 is 5.01. The van der Waals surface area contributed by atoms with Crippen molar-refractivity contribution in [3.63, 3.8) is 0 Å². The van der Waals surface area contributed by atoms with Crippen molar-refractivity contribution in [3.8, 4) is 0 Å². The van der Waals surface area contributed by atoms with E-state index in [1.54, 1.807) is 16.9 Å². The minimum Gasteiger partial charge on any atom is -0.385 e. The second-order valence-electron chi connectivity index (χ2n) is 5.51. The van der Waals surface area contributed by atoms with Gasteiger partial charge in [0.1, 0.15) is 0 Å². The van der Waals surface area contributed by atoms with E-state index in [2.05, 4.69) is 0 Å². The highest BCUT2D eigenvalue weighted by Gasteiger charge is 2.36. The zero-order valence-corrected chi connectivity index (χ0v) is 13.3. The zero-order valence-electron chi connectivity index (χ0n) is 13.3. The lowest BCUT2D eigenvalue weighted by Crippen LogP contribution is -2.37. The van der Waals surface area contributed by atoms with Crippen LogP contribution in [-0.4, -0.2) is 50.1 Å². The third-order valence-electron chi connectivity index (χ3n) is 3.99. The zero-order chi connectivity index (χ0) is 15.9. The number of benzene rings is 1. The minimum atomic E-state index is -0.241. The Morgan fingerprint density at radius 2 is 2.09 bits per heavy atom. The van der Waals surface area contributed by atoms with E-state index in [-0.39, 0.29) is 17.7 Å². The molecule has 2 rings (SSSR count). The van der Waals surface area contributed by atoms with E-state index in [0.717, 1.165) is 12.1 Å². The molecule has 1 aliphatic rings. The van der Waals surface area contributed by atoms with Crippen LogP contribution < -0.4 is 4.90 Å². The van der Waals surface area contributed by atoms with Gasteiger partial charge in [0.2, 0.25) is 11.8 Å². The molecule has 1 aliphatic heterocycles. The summed E-state index contributed by atoms with van der Waals surface area (Å²) >= 11 is 0. The van der Waals surface area contributed by atoms with Gasteiger partial charge in [-0.1, -0.05) is 18.2 Å². The third kappa shape index (κ3) is 3.85. The molecule has 0 aliphatic carbocycles. The van der Waals surface area contributed by atoms with E-state index in [1.807, 2.05) is 37.3 Å². The van der Waals surface area contributed by atoms with Crippen LogP contribution in [-0.2, 0) is 14.3 Å². The molecule has 1 aromatic rings. The predicted molar refractivity (Wildman–Crippen MR) is 85.6 cm³/mol. The molecule has 0 N–H and O–H groups in total. The maximum absolute atomic E-state index is 12.7. The van der Waals surface area contributed by atoms with Crippen LogP contribution in [0.3, 0.4) is 0 Å². The van der Waals surface area contributed by atoms with Crippen molar-refractivity contribution in [2.24, 2.45) is 5.92 Å². The van der Waals surface area contributed by atoms with Crippen LogP contribution in [0.4, 0.5) is 5.69 Å².